The molecule has 3 aliphatic rings. The number of ether oxygens (including phenoxy) is 1. The Balaban J connectivity index is 1.37. The molecule has 5 nitrogen and oxygen atoms in total. The first-order valence-corrected chi connectivity index (χ1v) is 12.9. The fourth-order valence-electron chi connectivity index (χ4n) is 5.84. The van der Waals surface area contributed by atoms with Gasteiger partial charge in [-0.3, -0.25) is 9.91 Å². The summed E-state index contributed by atoms with van der Waals surface area (Å²) in [5, 5.41) is 12.9. The van der Waals surface area contributed by atoms with Gasteiger partial charge in [0.05, 0.1) is 11.4 Å². The molecule has 5 heteroatoms. The van der Waals surface area contributed by atoms with Gasteiger partial charge in [-0.2, -0.15) is 5.10 Å². The molecule has 1 saturated heterocycles. The molecule has 0 radical (unpaired) electrons. The molecule has 0 bridgehead atoms. The van der Waals surface area contributed by atoms with E-state index in [1.54, 1.807) is 0 Å². The second-order valence-electron chi connectivity index (χ2n) is 10.0. The molecule has 1 aliphatic carbocycles. The summed E-state index contributed by atoms with van der Waals surface area (Å²) in [6, 6.07) is 24.6. The highest BCUT2D eigenvalue weighted by molar-refractivity contribution is 5.60. The molecule has 3 atom stereocenters. The predicted octanol–water partition coefficient (Wildman–Crippen LogP) is 3.56. The Morgan fingerprint density at radius 3 is 2.74 bits per heavy atom. The zero-order chi connectivity index (χ0) is 23.8. The SMILES string of the molecule is CNC1CCN([C@@H]2Cc3ccccc3[C@H]2Oc2ccc(C)cc2N2CCC=c3ccccc3=N2)C1. The molecule has 0 saturated carbocycles. The molecule has 3 aromatic rings. The number of benzene rings is 3. The fourth-order valence-corrected chi connectivity index (χ4v) is 5.84. The Hall–Kier alpha value is -3.15. The monoisotopic (exact) mass is 466 g/mol. The van der Waals surface area contributed by atoms with Crippen molar-refractivity contribution in [1.29, 1.82) is 0 Å². The number of hydrogen-bond donors (Lipinski definition) is 1. The van der Waals surface area contributed by atoms with Crippen molar-refractivity contribution in [1.82, 2.24) is 10.2 Å². The fraction of sp³-hybridized carbons (Fsp3) is 0.367. The van der Waals surface area contributed by atoms with Crippen molar-refractivity contribution >= 4 is 11.8 Å². The minimum Gasteiger partial charge on any atom is -0.482 e. The molecule has 1 N–H and O–H groups in total. The summed E-state index contributed by atoms with van der Waals surface area (Å²) in [5.74, 6) is 0.912. The van der Waals surface area contributed by atoms with E-state index in [1.807, 2.05) is 0 Å². The molecule has 0 spiro atoms. The molecule has 0 amide bonds. The molecule has 2 aliphatic heterocycles. The molecule has 0 aromatic heterocycles. The molecule has 1 fully saturated rings. The van der Waals surface area contributed by atoms with Gasteiger partial charge in [-0.25, -0.2) is 0 Å². The van der Waals surface area contributed by atoms with E-state index < -0.39 is 0 Å². The number of aryl methyl sites for hydroxylation is 1. The van der Waals surface area contributed by atoms with E-state index >= 15 is 0 Å². The summed E-state index contributed by atoms with van der Waals surface area (Å²) >= 11 is 0. The number of anilines is 1. The largest absolute Gasteiger partial charge is 0.482 e. The van der Waals surface area contributed by atoms with Crippen LogP contribution in [0.1, 0.15) is 35.6 Å². The van der Waals surface area contributed by atoms with Crippen LogP contribution in [0.25, 0.3) is 6.08 Å². The number of rotatable bonds is 5. The van der Waals surface area contributed by atoms with Crippen molar-refractivity contribution in [2.75, 3.05) is 31.7 Å². The van der Waals surface area contributed by atoms with Crippen molar-refractivity contribution in [3.63, 3.8) is 0 Å². The van der Waals surface area contributed by atoms with E-state index in [9.17, 15) is 0 Å². The van der Waals surface area contributed by atoms with Gasteiger partial charge in [0.2, 0.25) is 0 Å². The zero-order valence-corrected chi connectivity index (χ0v) is 20.7. The normalized spacial score (nSPS) is 23.7. The topological polar surface area (TPSA) is 40.1 Å². The van der Waals surface area contributed by atoms with Crippen LogP contribution >= 0.6 is 0 Å². The maximum Gasteiger partial charge on any atom is 0.145 e. The van der Waals surface area contributed by atoms with Crippen molar-refractivity contribution < 1.29 is 4.74 Å². The standard InChI is InChI=1S/C30H34N4O/c1-21-13-14-29(27(18-21)34-16-7-10-22-8-4-6-12-26(22)32-34)35-30-25-11-5-3-9-23(25)19-28(30)33-17-15-24(20-33)31-2/h3-6,8-14,18,24,28,30-31H,7,15-17,19-20H2,1-2H3/t24?,28-,30-/m1/s1. The van der Waals surface area contributed by atoms with Gasteiger partial charge < -0.3 is 10.1 Å². The Kier molecular flexibility index (Phi) is 6.05. The average molecular weight is 467 g/mol. The van der Waals surface area contributed by atoms with Gasteiger partial charge in [0, 0.05) is 25.7 Å². The van der Waals surface area contributed by atoms with Crippen LogP contribution in [0.15, 0.2) is 71.8 Å². The quantitative estimate of drug-likeness (QED) is 0.624. The summed E-state index contributed by atoms with van der Waals surface area (Å²) in [4.78, 5) is 2.63. The molecular weight excluding hydrogens is 432 g/mol. The van der Waals surface area contributed by atoms with E-state index in [2.05, 4.69) is 102 Å². The van der Waals surface area contributed by atoms with Crippen LogP contribution in [0.4, 0.5) is 5.69 Å². The molecule has 1 unspecified atom stereocenters. The van der Waals surface area contributed by atoms with Gasteiger partial charge >= 0.3 is 0 Å². The zero-order valence-electron chi connectivity index (χ0n) is 20.7. The minimum absolute atomic E-state index is 0.00842. The lowest BCUT2D eigenvalue weighted by atomic mass is 10.1. The molecule has 2 heterocycles. The van der Waals surface area contributed by atoms with Crippen LogP contribution in [0, 0.1) is 6.92 Å². The number of nitrogens with one attached hydrogen (secondary N) is 1. The molecule has 35 heavy (non-hydrogen) atoms. The van der Waals surface area contributed by atoms with E-state index in [4.69, 9.17) is 9.84 Å². The minimum atomic E-state index is 0.00842. The predicted molar refractivity (Wildman–Crippen MR) is 141 cm³/mol. The highest BCUT2D eigenvalue weighted by Gasteiger charge is 2.40. The van der Waals surface area contributed by atoms with E-state index in [0.717, 1.165) is 49.3 Å². The maximum absolute atomic E-state index is 6.99. The van der Waals surface area contributed by atoms with Crippen LogP contribution < -0.4 is 25.6 Å². The average Bonchev–Trinajstić information content (AvgIpc) is 3.43. The van der Waals surface area contributed by atoms with Crippen molar-refractivity contribution in [2.24, 2.45) is 5.10 Å². The van der Waals surface area contributed by atoms with Crippen molar-refractivity contribution in [3.8, 4) is 5.75 Å². The van der Waals surface area contributed by atoms with Gasteiger partial charge in [-0.05, 0) is 73.3 Å². The molecular formula is C30H34N4O. The van der Waals surface area contributed by atoms with Crippen molar-refractivity contribution in [2.45, 2.75) is 44.4 Å². The van der Waals surface area contributed by atoms with Crippen LogP contribution in [-0.2, 0) is 6.42 Å². The van der Waals surface area contributed by atoms with E-state index in [0.29, 0.717) is 12.1 Å². The van der Waals surface area contributed by atoms with Gasteiger partial charge in [0.1, 0.15) is 17.5 Å². The first kappa shape index (κ1) is 22.3. The molecule has 180 valence electrons. The molecule has 3 aromatic carbocycles. The van der Waals surface area contributed by atoms with Gasteiger partial charge in [0.15, 0.2) is 0 Å². The molecule has 6 rings (SSSR count). The number of nitrogens with zero attached hydrogens (tertiary/aromatic N) is 3. The van der Waals surface area contributed by atoms with Crippen LogP contribution in [0.3, 0.4) is 0 Å². The van der Waals surface area contributed by atoms with Crippen LogP contribution in [0.2, 0.25) is 0 Å². The summed E-state index contributed by atoms with van der Waals surface area (Å²) in [5.41, 5.74) is 4.99. The number of likely N-dealkylation sites (tertiary alicyclic amines) is 1. The Morgan fingerprint density at radius 1 is 1.00 bits per heavy atom. The lowest BCUT2D eigenvalue weighted by molar-refractivity contribution is 0.0930. The van der Waals surface area contributed by atoms with Gasteiger partial charge in [-0.15, -0.1) is 0 Å². The van der Waals surface area contributed by atoms with Crippen molar-refractivity contribution in [3.05, 3.63) is 94.0 Å². The van der Waals surface area contributed by atoms with Crippen LogP contribution in [-0.4, -0.2) is 43.7 Å². The van der Waals surface area contributed by atoms with Gasteiger partial charge in [0.25, 0.3) is 0 Å². The Morgan fingerprint density at radius 2 is 1.86 bits per heavy atom. The third-order valence-corrected chi connectivity index (χ3v) is 7.75. The van der Waals surface area contributed by atoms with E-state index in [-0.39, 0.29) is 6.10 Å². The second-order valence-corrected chi connectivity index (χ2v) is 10.0. The summed E-state index contributed by atoms with van der Waals surface area (Å²) in [6.45, 7) is 5.15. The number of hydrogen-bond acceptors (Lipinski definition) is 5. The summed E-state index contributed by atoms with van der Waals surface area (Å²) in [7, 11) is 2.07. The first-order valence-electron chi connectivity index (χ1n) is 12.9. The first-order chi connectivity index (χ1) is 17.2. The Labute approximate surface area is 207 Å². The lowest BCUT2D eigenvalue weighted by Crippen LogP contribution is -2.40. The summed E-state index contributed by atoms with van der Waals surface area (Å²) < 4.78 is 6.99. The summed E-state index contributed by atoms with van der Waals surface area (Å²) in [6.07, 6.45) is 5.46. The highest BCUT2D eigenvalue weighted by atomic mass is 16.5. The highest BCUT2D eigenvalue weighted by Crippen LogP contribution is 2.42. The third-order valence-electron chi connectivity index (χ3n) is 7.75. The van der Waals surface area contributed by atoms with E-state index in [1.165, 1.54) is 28.3 Å². The Bertz CT molecular complexity index is 1340. The van der Waals surface area contributed by atoms with Crippen LogP contribution in [0.5, 0.6) is 5.75 Å². The third kappa shape index (κ3) is 4.35. The maximum atomic E-state index is 6.99. The van der Waals surface area contributed by atoms with Gasteiger partial charge in [-0.1, -0.05) is 54.6 Å². The number of likely N-dealkylation sites (N-methyl/N-ethyl adjacent to an activating group) is 1. The second kappa shape index (κ2) is 9.48. The lowest BCUT2D eigenvalue weighted by Gasteiger charge is -2.31. The smallest absolute Gasteiger partial charge is 0.145 e. The number of fused-ring (bicyclic) bond motifs is 2.